The fourth-order valence-corrected chi connectivity index (χ4v) is 2.47. The number of ether oxygens (including phenoxy) is 1. The summed E-state index contributed by atoms with van der Waals surface area (Å²) in [6, 6.07) is 12.4. The highest BCUT2D eigenvalue weighted by molar-refractivity contribution is 6.31. The van der Waals surface area contributed by atoms with Crippen LogP contribution in [0.4, 0.5) is 11.4 Å². The molecule has 1 heterocycles. The van der Waals surface area contributed by atoms with Gasteiger partial charge in [-0.25, -0.2) is 0 Å². The van der Waals surface area contributed by atoms with Crippen LogP contribution in [0.1, 0.15) is 11.6 Å². The molecular weight excluding hydrogens is 276 g/mol. The average molecular weight is 289 g/mol. The molecule has 0 saturated heterocycles. The maximum Gasteiger partial charge on any atom is 0.251 e. The number of hydrogen-bond donors (Lipinski definition) is 2. The van der Waals surface area contributed by atoms with Crippen LogP contribution < -0.4 is 15.4 Å². The molecule has 0 aliphatic carbocycles. The van der Waals surface area contributed by atoms with Crippen molar-refractivity contribution in [3.05, 3.63) is 53.1 Å². The van der Waals surface area contributed by atoms with Crippen molar-refractivity contribution >= 4 is 28.9 Å². The smallest absolute Gasteiger partial charge is 0.251 e. The Labute approximate surface area is 121 Å². The van der Waals surface area contributed by atoms with Crippen molar-refractivity contribution in [2.75, 3.05) is 17.7 Å². The fraction of sp³-hybridized carbons (Fsp3) is 0.133. The number of fused-ring (bicyclic) bond motifs is 1. The Balaban J connectivity index is 1.96. The van der Waals surface area contributed by atoms with Crippen LogP contribution in [-0.4, -0.2) is 13.0 Å². The van der Waals surface area contributed by atoms with Crippen molar-refractivity contribution in [2.45, 2.75) is 6.04 Å². The first-order valence-corrected chi connectivity index (χ1v) is 6.56. The van der Waals surface area contributed by atoms with E-state index in [2.05, 4.69) is 10.6 Å². The second-order valence-electron chi connectivity index (χ2n) is 4.50. The first-order chi connectivity index (χ1) is 9.69. The zero-order chi connectivity index (χ0) is 14.1. The van der Waals surface area contributed by atoms with Crippen LogP contribution in [0, 0.1) is 0 Å². The van der Waals surface area contributed by atoms with Gasteiger partial charge in [0.05, 0.1) is 12.8 Å². The number of para-hydroxylation sites is 1. The lowest BCUT2D eigenvalue weighted by Gasteiger charge is -2.16. The molecule has 102 valence electrons. The lowest BCUT2D eigenvalue weighted by molar-refractivity contribution is -0.116. The molecule has 4 nitrogen and oxygen atoms in total. The molecule has 0 saturated carbocycles. The van der Waals surface area contributed by atoms with Gasteiger partial charge < -0.3 is 15.4 Å². The van der Waals surface area contributed by atoms with Crippen molar-refractivity contribution < 1.29 is 9.53 Å². The summed E-state index contributed by atoms with van der Waals surface area (Å²) in [5.41, 5.74) is 2.44. The van der Waals surface area contributed by atoms with E-state index in [9.17, 15) is 4.79 Å². The Hall–Kier alpha value is -2.20. The summed E-state index contributed by atoms with van der Waals surface area (Å²) in [4.78, 5) is 12.1. The molecule has 1 amide bonds. The Bertz CT molecular complexity index is 673. The molecular formula is C15H13ClN2O2. The highest BCUT2D eigenvalue weighted by atomic mass is 35.5. The topological polar surface area (TPSA) is 50.4 Å². The summed E-state index contributed by atoms with van der Waals surface area (Å²) in [6.07, 6.45) is 0. The first-order valence-electron chi connectivity index (χ1n) is 6.19. The van der Waals surface area contributed by atoms with E-state index in [1.165, 1.54) is 0 Å². The molecule has 0 spiro atoms. The molecule has 1 atom stereocenters. The van der Waals surface area contributed by atoms with E-state index in [4.69, 9.17) is 16.3 Å². The first kappa shape index (κ1) is 12.8. The van der Waals surface area contributed by atoms with Gasteiger partial charge in [0, 0.05) is 16.3 Å². The standard InChI is InChI=1S/C15H13ClN2O2/c1-20-13-7-6-9(16)8-12(13)17-14-10-4-2-3-5-11(10)18-15(14)19/h2-8,14,17H,1H3,(H,18,19). The third-order valence-electron chi connectivity index (χ3n) is 3.25. The van der Waals surface area contributed by atoms with Gasteiger partial charge in [-0.3, -0.25) is 4.79 Å². The Morgan fingerprint density at radius 1 is 1.25 bits per heavy atom. The van der Waals surface area contributed by atoms with E-state index in [-0.39, 0.29) is 5.91 Å². The van der Waals surface area contributed by atoms with E-state index in [0.717, 1.165) is 11.3 Å². The molecule has 0 radical (unpaired) electrons. The van der Waals surface area contributed by atoms with E-state index in [1.807, 2.05) is 24.3 Å². The number of hydrogen-bond acceptors (Lipinski definition) is 3. The van der Waals surface area contributed by atoms with E-state index in [1.54, 1.807) is 25.3 Å². The summed E-state index contributed by atoms with van der Waals surface area (Å²) < 4.78 is 5.28. The van der Waals surface area contributed by atoms with Crippen LogP contribution in [-0.2, 0) is 4.79 Å². The van der Waals surface area contributed by atoms with Crippen LogP contribution in [0.5, 0.6) is 5.75 Å². The number of halogens is 1. The number of amides is 1. The SMILES string of the molecule is COc1ccc(Cl)cc1NC1C(=O)Nc2ccccc21. The van der Waals surface area contributed by atoms with Gasteiger partial charge in [0.2, 0.25) is 0 Å². The molecule has 0 fully saturated rings. The summed E-state index contributed by atoms with van der Waals surface area (Å²) in [5, 5.41) is 6.61. The third-order valence-corrected chi connectivity index (χ3v) is 3.49. The van der Waals surface area contributed by atoms with Gasteiger partial charge in [-0.2, -0.15) is 0 Å². The second-order valence-corrected chi connectivity index (χ2v) is 4.93. The quantitative estimate of drug-likeness (QED) is 0.909. The number of benzene rings is 2. The molecule has 3 rings (SSSR count). The van der Waals surface area contributed by atoms with E-state index >= 15 is 0 Å². The number of nitrogens with one attached hydrogen (secondary N) is 2. The molecule has 5 heteroatoms. The predicted molar refractivity (Wildman–Crippen MR) is 79.4 cm³/mol. The highest BCUT2D eigenvalue weighted by Crippen LogP contribution is 2.36. The van der Waals surface area contributed by atoms with Crippen molar-refractivity contribution in [3.63, 3.8) is 0 Å². The predicted octanol–water partition coefficient (Wildman–Crippen LogP) is 3.45. The van der Waals surface area contributed by atoms with E-state index < -0.39 is 6.04 Å². The van der Waals surface area contributed by atoms with Crippen LogP contribution >= 0.6 is 11.6 Å². The maximum atomic E-state index is 12.1. The van der Waals surface area contributed by atoms with Gasteiger partial charge in [0.15, 0.2) is 0 Å². The van der Waals surface area contributed by atoms with Crippen molar-refractivity contribution in [2.24, 2.45) is 0 Å². The molecule has 20 heavy (non-hydrogen) atoms. The molecule has 2 aromatic rings. The Morgan fingerprint density at radius 3 is 2.85 bits per heavy atom. The number of carbonyl (C=O) groups is 1. The molecule has 0 aromatic heterocycles. The number of methoxy groups -OCH3 is 1. The summed E-state index contributed by atoms with van der Waals surface area (Å²) >= 11 is 6.00. The number of rotatable bonds is 3. The summed E-state index contributed by atoms with van der Waals surface area (Å²) in [6.45, 7) is 0. The second kappa shape index (κ2) is 5.06. The van der Waals surface area contributed by atoms with Crippen molar-refractivity contribution in [1.29, 1.82) is 0 Å². The van der Waals surface area contributed by atoms with Gasteiger partial charge in [-0.15, -0.1) is 0 Å². The Kier molecular flexibility index (Phi) is 3.24. The molecule has 1 unspecified atom stereocenters. The average Bonchev–Trinajstić information content (AvgIpc) is 2.76. The van der Waals surface area contributed by atoms with Crippen LogP contribution in [0.25, 0.3) is 0 Å². The van der Waals surface area contributed by atoms with Crippen molar-refractivity contribution in [3.8, 4) is 5.75 Å². The normalized spacial score (nSPS) is 16.5. The molecule has 0 bridgehead atoms. The van der Waals surface area contributed by atoms with Crippen LogP contribution in [0.15, 0.2) is 42.5 Å². The van der Waals surface area contributed by atoms with Gasteiger partial charge >= 0.3 is 0 Å². The highest BCUT2D eigenvalue weighted by Gasteiger charge is 2.30. The van der Waals surface area contributed by atoms with Gasteiger partial charge in [-0.05, 0) is 24.3 Å². The Morgan fingerprint density at radius 2 is 2.05 bits per heavy atom. The minimum Gasteiger partial charge on any atom is -0.495 e. The molecule has 1 aliphatic rings. The van der Waals surface area contributed by atoms with Gasteiger partial charge in [0.25, 0.3) is 5.91 Å². The third kappa shape index (κ3) is 2.18. The summed E-state index contributed by atoms with van der Waals surface area (Å²) in [5.74, 6) is 0.555. The molecule has 1 aliphatic heterocycles. The number of anilines is 2. The minimum atomic E-state index is -0.446. The van der Waals surface area contributed by atoms with Gasteiger partial charge in [0.1, 0.15) is 11.8 Å². The monoisotopic (exact) mass is 288 g/mol. The van der Waals surface area contributed by atoms with E-state index in [0.29, 0.717) is 16.5 Å². The lowest BCUT2D eigenvalue weighted by atomic mass is 10.1. The van der Waals surface area contributed by atoms with Crippen LogP contribution in [0.3, 0.4) is 0 Å². The van der Waals surface area contributed by atoms with Crippen LogP contribution in [0.2, 0.25) is 5.02 Å². The molecule has 2 N–H and O–H groups in total. The summed E-state index contributed by atoms with van der Waals surface area (Å²) in [7, 11) is 1.58. The fourth-order valence-electron chi connectivity index (χ4n) is 2.30. The lowest BCUT2D eigenvalue weighted by Crippen LogP contribution is -2.20. The zero-order valence-corrected chi connectivity index (χ0v) is 11.6. The van der Waals surface area contributed by atoms with Crippen molar-refractivity contribution in [1.82, 2.24) is 0 Å². The zero-order valence-electron chi connectivity index (χ0n) is 10.8. The molecule has 2 aromatic carbocycles. The largest absolute Gasteiger partial charge is 0.495 e. The minimum absolute atomic E-state index is 0.0896. The maximum absolute atomic E-state index is 12.1. The van der Waals surface area contributed by atoms with Gasteiger partial charge in [-0.1, -0.05) is 29.8 Å². The number of carbonyl (C=O) groups excluding carboxylic acids is 1.